The average molecular weight is 378 g/mol. The number of rotatable bonds is 4. The Balaban J connectivity index is 0.00000243. The molecule has 1 aromatic heterocycles. The largest absolute Gasteiger partial charge is 0.355 e. The first-order valence-electron chi connectivity index (χ1n) is 8.48. The average Bonchev–Trinajstić information content (AvgIpc) is 3.14. The van der Waals surface area contributed by atoms with Crippen molar-refractivity contribution in [2.45, 2.75) is 25.8 Å². The number of piperidine rings is 1. The van der Waals surface area contributed by atoms with Gasteiger partial charge in [0.15, 0.2) is 5.69 Å². The van der Waals surface area contributed by atoms with Crippen LogP contribution in [0.5, 0.6) is 0 Å². The van der Waals surface area contributed by atoms with Gasteiger partial charge in [0, 0.05) is 31.0 Å². The molecule has 3 rings (SSSR count). The highest BCUT2D eigenvalue weighted by molar-refractivity contribution is 6.04. The summed E-state index contributed by atoms with van der Waals surface area (Å²) < 4.78 is 1.86. The molecule has 0 bridgehead atoms. The number of halogens is 1. The minimum absolute atomic E-state index is 0. The van der Waals surface area contributed by atoms with E-state index in [4.69, 9.17) is 0 Å². The molecule has 1 aliphatic heterocycles. The fraction of sp³-hybridized carbons (Fsp3) is 0.389. The van der Waals surface area contributed by atoms with E-state index in [1.54, 1.807) is 25.2 Å². The van der Waals surface area contributed by atoms with Crippen LogP contribution < -0.4 is 16.0 Å². The van der Waals surface area contributed by atoms with Crippen molar-refractivity contribution in [1.82, 2.24) is 20.4 Å². The third kappa shape index (κ3) is 4.42. The van der Waals surface area contributed by atoms with E-state index < -0.39 is 0 Å². The fourth-order valence-corrected chi connectivity index (χ4v) is 2.95. The molecule has 1 unspecified atom stereocenters. The van der Waals surface area contributed by atoms with Gasteiger partial charge >= 0.3 is 0 Å². The Hall–Kier alpha value is -2.38. The van der Waals surface area contributed by atoms with E-state index in [1.807, 2.05) is 23.9 Å². The molecule has 1 aromatic carbocycles. The predicted octanol–water partition coefficient (Wildman–Crippen LogP) is 2.15. The van der Waals surface area contributed by atoms with Crippen molar-refractivity contribution in [1.29, 1.82) is 0 Å². The van der Waals surface area contributed by atoms with Gasteiger partial charge in [-0.05, 0) is 50.1 Å². The van der Waals surface area contributed by atoms with Crippen molar-refractivity contribution >= 4 is 29.9 Å². The second-order valence-corrected chi connectivity index (χ2v) is 6.24. The summed E-state index contributed by atoms with van der Waals surface area (Å²) in [5.74, 6) is -0.468. The second kappa shape index (κ2) is 8.82. The van der Waals surface area contributed by atoms with Gasteiger partial charge in [-0.1, -0.05) is 6.07 Å². The third-order valence-electron chi connectivity index (χ3n) is 4.46. The lowest BCUT2D eigenvalue weighted by Gasteiger charge is -2.22. The van der Waals surface area contributed by atoms with E-state index in [-0.39, 0.29) is 30.3 Å². The number of aryl methyl sites for hydroxylation is 1. The number of hydrogen-bond donors (Lipinski definition) is 3. The number of carbonyl (C=O) groups excluding carboxylic acids is 2. The molecular weight excluding hydrogens is 354 g/mol. The lowest BCUT2D eigenvalue weighted by atomic mass is 10.1. The molecule has 1 fully saturated rings. The first kappa shape index (κ1) is 19.9. The first-order valence-corrected chi connectivity index (χ1v) is 8.48. The molecule has 8 heteroatoms. The van der Waals surface area contributed by atoms with E-state index in [1.165, 1.54) is 0 Å². The maximum atomic E-state index is 12.5. The molecular formula is C18H24ClN5O2. The zero-order chi connectivity index (χ0) is 17.8. The number of amides is 2. The van der Waals surface area contributed by atoms with E-state index in [0.717, 1.165) is 31.5 Å². The molecule has 140 valence electrons. The van der Waals surface area contributed by atoms with Crippen molar-refractivity contribution in [3.63, 3.8) is 0 Å². The van der Waals surface area contributed by atoms with Gasteiger partial charge in [0.1, 0.15) is 0 Å². The molecule has 1 saturated heterocycles. The number of aromatic nitrogens is 2. The van der Waals surface area contributed by atoms with Gasteiger partial charge in [-0.15, -0.1) is 12.4 Å². The zero-order valence-corrected chi connectivity index (χ0v) is 15.7. The van der Waals surface area contributed by atoms with Gasteiger partial charge in [0.25, 0.3) is 11.8 Å². The SMILES string of the molecule is CNC(=O)c1ccc(C)c(NC(=O)c2ccn(C3CCCNC3)n2)c1.Cl. The standard InChI is InChI=1S/C18H23N5O2.ClH/c1-12-5-6-13(17(24)19-2)10-16(12)21-18(25)15-7-9-23(22-15)14-4-3-8-20-11-14;/h5-7,9-10,14,20H,3-4,8,11H2,1-2H3,(H,19,24)(H,21,25);1H. The highest BCUT2D eigenvalue weighted by Crippen LogP contribution is 2.19. The van der Waals surface area contributed by atoms with Gasteiger partial charge < -0.3 is 16.0 Å². The molecule has 0 saturated carbocycles. The molecule has 0 radical (unpaired) electrons. The highest BCUT2D eigenvalue weighted by atomic mass is 35.5. The van der Waals surface area contributed by atoms with Crippen molar-refractivity contribution < 1.29 is 9.59 Å². The molecule has 26 heavy (non-hydrogen) atoms. The summed E-state index contributed by atoms with van der Waals surface area (Å²) in [5.41, 5.74) is 2.37. The fourth-order valence-electron chi connectivity index (χ4n) is 2.95. The van der Waals surface area contributed by atoms with Crippen LogP contribution in [-0.4, -0.2) is 41.7 Å². The number of nitrogens with one attached hydrogen (secondary N) is 3. The molecule has 1 atom stereocenters. The molecule has 3 N–H and O–H groups in total. The van der Waals surface area contributed by atoms with Crippen molar-refractivity contribution in [3.8, 4) is 0 Å². The molecule has 1 aliphatic rings. The van der Waals surface area contributed by atoms with Crippen LogP contribution in [0.25, 0.3) is 0 Å². The van der Waals surface area contributed by atoms with E-state index in [0.29, 0.717) is 16.9 Å². The normalized spacial score (nSPS) is 16.5. The van der Waals surface area contributed by atoms with Gasteiger partial charge in [-0.3, -0.25) is 14.3 Å². The van der Waals surface area contributed by atoms with Gasteiger partial charge in [-0.25, -0.2) is 0 Å². The van der Waals surface area contributed by atoms with E-state index in [2.05, 4.69) is 21.0 Å². The second-order valence-electron chi connectivity index (χ2n) is 6.24. The van der Waals surface area contributed by atoms with Crippen LogP contribution in [-0.2, 0) is 0 Å². The van der Waals surface area contributed by atoms with Gasteiger partial charge in [0.05, 0.1) is 6.04 Å². The van der Waals surface area contributed by atoms with Crippen LogP contribution in [0.4, 0.5) is 5.69 Å². The first-order chi connectivity index (χ1) is 12.1. The Bertz CT molecular complexity index is 784. The minimum Gasteiger partial charge on any atom is -0.355 e. The summed E-state index contributed by atoms with van der Waals surface area (Å²) in [7, 11) is 1.58. The smallest absolute Gasteiger partial charge is 0.276 e. The maximum Gasteiger partial charge on any atom is 0.276 e. The number of carbonyl (C=O) groups is 2. The quantitative estimate of drug-likeness (QED) is 0.761. The summed E-state index contributed by atoms with van der Waals surface area (Å²) in [6.45, 7) is 3.79. The van der Waals surface area contributed by atoms with Crippen LogP contribution in [0.3, 0.4) is 0 Å². The molecule has 2 amide bonds. The minimum atomic E-state index is -0.278. The lowest BCUT2D eigenvalue weighted by molar-refractivity contribution is 0.0961. The van der Waals surface area contributed by atoms with Crippen molar-refractivity contribution in [3.05, 3.63) is 47.3 Å². The maximum absolute atomic E-state index is 12.5. The number of nitrogens with zero attached hydrogens (tertiary/aromatic N) is 2. The summed E-state index contributed by atoms with van der Waals surface area (Å²) in [4.78, 5) is 24.3. The Morgan fingerprint density at radius 1 is 1.27 bits per heavy atom. The van der Waals surface area contributed by atoms with Gasteiger partial charge in [0.2, 0.25) is 0 Å². The summed E-state index contributed by atoms with van der Waals surface area (Å²) >= 11 is 0. The van der Waals surface area contributed by atoms with E-state index >= 15 is 0 Å². The Labute approximate surface area is 159 Å². The summed E-state index contributed by atoms with van der Waals surface area (Å²) in [6, 6.07) is 7.23. The Kier molecular flexibility index (Phi) is 6.76. The van der Waals surface area contributed by atoms with Crippen molar-refractivity contribution in [2.24, 2.45) is 0 Å². The van der Waals surface area contributed by atoms with Crippen LogP contribution in [0.2, 0.25) is 0 Å². The predicted molar refractivity (Wildman–Crippen MR) is 103 cm³/mol. The molecule has 2 heterocycles. The van der Waals surface area contributed by atoms with Crippen LogP contribution in [0.1, 0.15) is 45.3 Å². The van der Waals surface area contributed by atoms with Gasteiger partial charge in [-0.2, -0.15) is 5.10 Å². The number of anilines is 1. The summed E-state index contributed by atoms with van der Waals surface area (Å²) in [6.07, 6.45) is 4.01. The number of benzene rings is 1. The monoisotopic (exact) mass is 377 g/mol. The molecule has 0 spiro atoms. The molecule has 2 aromatic rings. The van der Waals surface area contributed by atoms with Crippen LogP contribution in [0, 0.1) is 6.92 Å². The van der Waals surface area contributed by atoms with Crippen molar-refractivity contribution in [2.75, 3.05) is 25.5 Å². The lowest BCUT2D eigenvalue weighted by Crippen LogP contribution is -2.32. The van der Waals surface area contributed by atoms with E-state index in [9.17, 15) is 9.59 Å². The van der Waals surface area contributed by atoms with Crippen LogP contribution in [0.15, 0.2) is 30.5 Å². The molecule has 7 nitrogen and oxygen atoms in total. The molecule has 0 aliphatic carbocycles. The highest BCUT2D eigenvalue weighted by Gasteiger charge is 2.18. The third-order valence-corrected chi connectivity index (χ3v) is 4.46. The Morgan fingerprint density at radius 2 is 2.08 bits per heavy atom. The summed E-state index contributed by atoms with van der Waals surface area (Å²) in [5, 5.41) is 13.2. The number of hydrogen-bond acceptors (Lipinski definition) is 4. The zero-order valence-electron chi connectivity index (χ0n) is 14.9. The Morgan fingerprint density at radius 3 is 2.77 bits per heavy atom. The van der Waals surface area contributed by atoms with Crippen LogP contribution >= 0.6 is 12.4 Å². The topological polar surface area (TPSA) is 88.0 Å².